The van der Waals surface area contributed by atoms with E-state index in [-0.39, 0.29) is 34.2 Å². The number of ether oxygens (including phenoxy) is 1. The molecule has 8 heteroatoms. The van der Waals surface area contributed by atoms with Crippen molar-refractivity contribution in [3.8, 4) is 11.5 Å². The molecule has 0 spiro atoms. The lowest BCUT2D eigenvalue weighted by Crippen LogP contribution is -2.17. The number of anilines is 1. The van der Waals surface area contributed by atoms with Gasteiger partial charge >= 0.3 is 6.18 Å². The van der Waals surface area contributed by atoms with E-state index in [1.807, 2.05) is 0 Å². The Hall–Kier alpha value is -3.42. The summed E-state index contributed by atoms with van der Waals surface area (Å²) in [5, 5.41) is 2.47. The summed E-state index contributed by atoms with van der Waals surface area (Å²) in [4.78, 5) is 12.9. The molecule has 32 heavy (non-hydrogen) atoms. The fourth-order valence-corrected chi connectivity index (χ4v) is 3.41. The first-order valence-electron chi connectivity index (χ1n) is 9.88. The maximum atomic E-state index is 13.8. The largest absolute Gasteiger partial charge is 0.456 e. The predicted octanol–water partition coefficient (Wildman–Crippen LogP) is 7.21. The highest BCUT2D eigenvalue weighted by molar-refractivity contribution is 6.06. The van der Waals surface area contributed by atoms with E-state index in [1.54, 1.807) is 6.92 Å². The van der Waals surface area contributed by atoms with E-state index < -0.39 is 29.3 Å². The van der Waals surface area contributed by atoms with Crippen LogP contribution < -0.4 is 10.1 Å². The Morgan fingerprint density at radius 3 is 2.19 bits per heavy atom. The Kier molecular flexibility index (Phi) is 5.62. The highest BCUT2D eigenvalue weighted by atomic mass is 19.4. The summed E-state index contributed by atoms with van der Waals surface area (Å²) in [6.45, 7) is 1.59. The monoisotopic (exact) mass is 447 g/mol. The van der Waals surface area contributed by atoms with Gasteiger partial charge in [-0.3, -0.25) is 4.79 Å². The Balaban J connectivity index is 1.79. The Labute approximate surface area is 180 Å². The predicted molar refractivity (Wildman–Crippen MR) is 109 cm³/mol. The Bertz CT molecular complexity index is 1170. The average molecular weight is 447 g/mol. The van der Waals surface area contributed by atoms with Crippen LogP contribution in [0.4, 0.5) is 27.6 Å². The molecule has 0 bridgehead atoms. The van der Waals surface area contributed by atoms with Crippen LogP contribution >= 0.6 is 0 Å². The fraction of sp³-hybridized carbons (Fsp3) is 0.208. The number of carbonyl (C=O) groups is 1. The van der Waals surface area contributed by atoms with Gasteiger partial charge in [-0.25, -0.2) is 8.78 Å². The minimum atomic E-state index is -4.66. The molecule has 0 unspecified atom stereocenters. The van der Waals surface area contributed by atoms with E-state index in [0.717, 1.165) is 24.3 Å². The van der Waals surface area contributed by atoms with E-state index in [0.29, 0.717) is 18.4 Å². The maximum Gasteiger partial charge on any atom is 0.416 e. The molecule has 1 fully saturated rings. The van der Waals surface area contributed by atoms with Gasteiger partial charge < -0.3 is 10.1 Å². The summed E-state index contributed by atoms with van der Waals surface area (Å²) < 4.78 is 73.7. The fourth-order valence-electron chi connectivity index (χ4n) is 3.41. The van der Waals surface area contributed by atoms with Crippen LogP contribution in [0.25, 0.3) is 0 Å². The number of nitrogens with one attached hydrogen (secondary N) is 1. The van der Waals surface area contributed by atoms with Crippen molar-refractivity contribution < 1.29 is 31.5 Å². The van der Waals surface area contributed by atoms with Crippen LogP contribution in [0, 0.1) is 18.6 Å². The lowest BCUT2D eigenvalue weighted by atomic mass is 9.98. The molecule has 0 heterocycles. The van der Waals surface area contributed by atoms with Crippen molar-refractivity contribution >= 4 is 11.6 Å². The zero-order valence-electron chi connectivity index (χ0n) is 16.9. The third kappa shape index (κ3) is 4.74. The normalized spacial score (nSPS) is 13.7. The van der Waals surface area contributed by atoms with Crippen molar-refractivity contribution in [2.24, 2.45) is 0 Å². The van der Waals surface area contributed by atoms with Gasteiger partial charge in [-0.2, -0.15) is 13.2 Å². The van der Waals surface area contributed by atoms with Crippen molar-refractivity contribution in [3.63, 3.8) is 0 Å². The molecule has 3 aromatic carbocycles. The molecule has 0 aliphatic heterocycles. The molecule has 1 saturated carbocycles. The van der Waals surface area contributed by atoms with Gasteiger partial charge in [-0.05, 0) is 91.4 Å². The van der Waals surface area contributed by atoms with Gasteiger partial charge in [-0.15, -0.1) is 0 Å². The van der Waals surface area contributed by atoms with Crippen LogP contribution in [0.15, 0.2) is 54.6 Å². The third-order valence-electron chi connectivity index (χ3n) is 5.18. The highest BCUT2D eigenvalue weighted by Gasteiger charge is 2.40. The van der Waals surface area contributed by atoms with Gasteiger partial charge in [0.1, 0.15) is 23.1 Å². The number of amides is 1. The summed E-state index contributed by atoms with van der Waals surface area (Å²) in [5.41, 5.74) is -0.546. The average Bonchev–Trinajstić information content (AvgIpc) is 3.56. The topological polar surface area (TPSA) is 38.3 Å². The van der Waals surface area contributed by atoms with Gasteiger partial charge in [-0.1, -0.05) is 0 Å². The van der Waals surface area contributed by atoms with Crippen molar-refractivity contribution in [2.45, 2.75) is 31.9 Å². The first kappa shape index (κ1) is 21.8. The Morgan fingerprint density at radius 1 is 0.938 bits per heavy atom. The van der Waals surface area contributed by atoms with Crippen LogP contribution in [-0.2, 0) is 6.18 Å². The number of rotatable bonds is 5. The minimum absolute atomic E-state index is 0.0607. The van der Waals surface area contributed by atoms with E-state index in [1.165, 1.54) is 30.3 Å². The first-order chi connectivity index (χ1) is 15.1. The molecule has 1 aliphatic rings. The van der Waals surface area contributed by atoms with E-state index in [4.69, 9.17) is 4.74 Å². The summed E-state index contributed by atoms with van der Waals surface area (Å²) in [7, 11) is 0. The van der Waals surface area contributed by atoms with Gasteiger partial charge in [0.2, 0.25) is 0 Å². The molecule has 1 aliphatic carbocycles. The first-order valence-corrected chi connectivity index (χ1v) is 9.88. The molecular formula is C24H18F5NO2. The molecule has 3 aromatic rings. The molecule has 3 nitrogen and oxygen atoms in total. The molecule has 0 saturated heterocycles. The minimum Gasteiger partial charge on any atom is -0.456 e. The smallest absolute Gasteiger partial charge is 0.416 e. The second-order valence-corrected chi connectivity index (χ2v) is 7.68. The summed E-state index contributed by atoms with van der Waals surface area (Å²) >= 11 is 0. The van der Waals surface area contributed by atoms with Crippen molar-refractivity contribution in [1.82, 2.24) is 0 Å². The van der Waals surface area contributed by atoms with Crippen molar-refractivity contribution in [2.75, 3.05) is 5.32 Å². The molecular weight excluding hydrogens is 429 g/mol. The quantitative estimate of drug-likeness (QED) is 0.420. The molecule has 1 N–H and O–H groups in total. The van der Waals surface area contributed by atoms with Gasteiger partial charge in [0.15, 0.2) is 0 Å². The molecule has 0 radical (unpaired) electrons. The standard InChI is InChI=1S/C24H18F5NO2/c1-13-10-16(26)6-9-21(13)32-22-12-18(14-2-3-14)20(24(27,28)29)11-19(22)23(31)30-17-7-4-15(25)5-8-17/h4-12,14H,2-3H2,1H3,(H,30,31). The second kappa shape index (κ2) is 8.26. The van der Waals surface area contributed by atoms with Gasteiger partial charge in [0.25, 0.3) is 5.91 Å². The number of benzene rings is 3. The molecule has 166 valence electrons. The van der Waals surface area contributed by atoms with Crippen LogP contribution in [-0.4, -0.2) is 5.91 Å². The summed E-state index contributed by atoms with van der Waals surface area (Å²) in [5.74, 6) is -1.99. The molecule has 1 amide bonds. The summed E-state index contributed by atoms with van der Waals surface area (Å²) in [6, 6.07) is 10.6. The maximum absolute atomic E-state index is 13.8. The number of alkyl halides is 3. The van der Waals surface area contributed by atoms with E-state index in [2.05, 4.69) is 5.32 Å². The number of halogens is 5. The lowest BCUT2D eigenvalue weighted by molar-refractivity contribution is -0.138. The number of aryl methyl sites for hydroxylation is 1. The second-order valence-electron chi connectivity index (χ2n) is 7.68. The van der Waals surface area contributed by atoms with Gasteiger partial charge in [0.05, 0.1) is 11.1 Å². The molecule has 0 aromatic heterocycles. The van der Waals surface area contributed by atoms with Crippen LogP contribution in [0.3, 0.4) is 0 Å². The lowest BCUT2D eigenvalue weighted by Gasteiger charge is -2.19. The zero-order valence-corrected chi connectivity index (χ0v) is 16.9. The van der Waals surface area contributed by atoms with Crippen LogP contribution in [0.1, 0.15) is 45.8 Å². The number of carbonyl (C=O) groups excluding carboxylic acids is 1. The number of hydrogen-bond acceptors (Lipinski definition) is 2. The van der Waals surface area contributed by atoms with Crippen molar-refractivity contribution in [3.05, 3.63) is 88.5 Å². The third-order valence-corrected chi connectivity index (χ3v) is 5.18. The van der Waals surface area contributed by atoms with E-state index in [9.17, 15) is 26.7 Å². The zero-order chi connectivity index (χ0) is 23.0. The summed E-state index contributed by atoms with van der Waals surface area (Å²) in [6.07, 6.45) is -3.44. The molecule has 4 rings (SSSR count). The number of hydrogen-bond donors (Lipinski definition) is 1. The molecule has 0 atom stereocenters. The van der Waals surface area contributed by atoms with Crippen LogP contribution in [0.2, 0.25) is 0 Å². The SMILES string of the molecule is Cc1cc(F)ccc1Oc1cc(C2CC2)c(C(F)(F)F)cc1C(=O)Nc1ccc(F)cc1. The Morgan fingerprint density at radius 2 is 1.59 bits per heavy atom. The highest BCUT2D eigenvalue weighted by Crippen LogP contribution is 2.48. The van der Waals surface area contributed by atoms with Crippen molar-refractivity contribution in [1.29, 1.82) is 0 Å². The van der Waals surface area contributed by atoms with Crippen LogP contribution in [0.5, 0.6) is 11.5 Å². The van der Waals surface area contributed by atoms with E-state index >= 15 is 0 Å². The van der Waals surface area contributed by atoms with Gasteiger partial charge in [0, 0.05) is 5.69 Å².